The van der Waals surface area contributed by atoms with Crippen LogP contribution in [0.4, 0.5) is 15.8 Å². The molecule has 0 saturated heterocycles. The van der Waals surface area contributed by atoms with Crippen LogP contribution in [0.3, 0.4) is 0 Å². The van der Waals surface area contributed by atoms with Crippen molar-refractivity contribution in [2.45, 2.75) is 6.54 Å². The number of anilines is 2. The van der Waals surface area contributed by atoms with Gasteiger partial charge in [-0.1, -0.05) is 0 Å². The first-order chi connectivity index (χ1) is 9.47. The second-order valence-corrected chi connectivity index (χ2v) is 4.93. The number of hydrogen-bond acceptors (Lipinski definition) is 3. The lowest BCUT2D eigenvalue weighted by Crippen LogP contribution is -2.27. The number of benzene rings is 1. The van der Waals surface area contributed by atoms with Crippen LogP contribution in [-0.2, 0) is 11.3 Å². The molecule has 0 atom stereocenters. The van der Waals surface area contributed by atoms with Gasteiger partial charge in [0, 0.05) is 11.9 Å². The number of carbonyl (C=O) groups excluding carboxylic acids is 1. The van der Waals surface area contributed by atoms with Crippen LogP contribution < -0.4 is 16.6 Å². The number of halogens is 2. The topological polar surface area (TPSA) is 77.1 Å². The number of amides is 1. The van der Waals surface area contributed by atoms with Gasteiger partial charge in [-0.25, -0.2) is 4.39 Å². The molecule has 0 radical (unpaired) electrons. The zero-order valence-corrected chi connectivity index (χ0v) is 11.9. The number of aromatic nitrogens is 1. The highest BCUT2D eigenvalue weighted by atomic mass is 79.9. The summed E-state index contributed by atoms with van der Waals surface area (Å²) in [6.45, 7) is -0.143. The largest absolute Gasteiger partial charge is 0.396 e. The van der Waals surface area contributed by atoms with E-state index >= 15 is 0 Å². The number of rotatable bonds is 3. The number of hydrogen-bond donors (Lipinski definition) is 2. The van der Waals surface area contributed by atoms with Crippen LogP contribution in [0.5, 0.6) is 0 Å². The molecule has 104 valence electrons. The first-order valence-electron chi connectivity index (χ1n) is 5.67. The summed E-state index contributed by atoms with van der Waals surface area (Å²) in [6, 6.07) is 7.12. The Hall–Kier alpha value is -2.15. The first kappa shape index (κ1) is 14.3. The minimum atomic E-state index is -0.550. The van der Waals surface area contributed by atoms with Gasteiger partial charge in [-0.15, -0.1) is 0 Å². The van der Waals surface area contributed by atoms with Crippen molar-refractivity contribution in [3.63, 3.8) is 0 Å². The van der Waals surface area contributed by atoms with E-state index in [0.29, 0.717) is 10.2 Å². The van der Waals surface area contributed by atoms with Crippen LogP contribution in [0.1, 0.15) is 0 Å². The van der Waals surface area contributed by atoms with Crippen molar-refractivity contribution < 1.29 is 9.18 Å². The van der Waals surface area contributed by atoms with Crippen molar-refractivity contribution in [1.82, 2.24) is 4.57 Å². The van der Waals surface area contributed by atoms with Crippen molar-refractivity contribution in [1.29, 1.82) is 0 Å². The molecule has 1 amide bonds. The summed E-state index contributed by atoms with van der Waals surface area (Å²) in [5, 5.41) is 2.54. The molecule has 5 nitrogen and oxygen atoms in total. The molecule has 0 unspecified atom stereocenters. The van der Waals surface area contributed by atoms with Gasteiger partial charge in [0.05, 0.1) is 10.2 Å². The van der Waals surface area contributed by atoms with E-state index in [0.717, 1.165) is 6.07 Å². The van der Waals surface area contributed by atoms with Gasteiger partial charge in [0.2, 0.25) is 5.91 Å². The van der Waals surface area contributed by atoms with E-state index in [1.54, 1.807) is 12.1 Å². The molecule has 2 rings (SSSR count). The van der Waals surface area contributed by atoms with Crippen molar-refractivity contribution in [3.05, 3.63) is 57.2 Å². The molecular weight excluding hydrogens is 329 g/mol. The predicted octanol–water partition coefficient (Wildman–Crippen LogP) is 1.97. The van der Waals surface area contributed by atoms with Gasteiger partial charge in [-0.05, 0) is 46.3 Å². The van der Waals surface area contributed by atoms with Crippen LogP contribution in [0.2, 0.25) is 0 Å². The molecule has 7 heteroatoms. The quantitative estimate of drug-likeness (QED) is 0.839. The number of nitrogen functional groups attached to an aromatic ring is 1. The summed E-state index contributed by atoms with van der Waals surface area (Å²) < 4.78 is 14.6. The Morgan fingerprint density at radius 3 is 2.85 bits per heavy atom. The predicted molar refractivity (Wildman–Crippen MR) is 77.8 cm³/mol. The fourth-order valence-electron chi connectivity index (χ4n) is 1.61. The van der Waals surface area contributed by atoms with Crippen molar-refractivity contribution >= 4 is 33.2 Å². The Balaban J connectivity index is 2.11. The van der Waals surface area contributed by atoms with Crippen molar-refractivity contribution in [2.75, 3.05) is 11.1 Å². The normalized spacial score (nSPS) is 10.3. The van der Waals surface area contributed by atoms with Gasteiger partial charge in [0.25, 0.3) is 5.56 Å². The number of nitrogens with two attached hydrogens (primary N) is 1. The fourth-order valence-corrected chi connectivity index (χ4v) is 1.99. The summed E-state index contributed by atoms with van der Waals surface area (Å²) in [5.74, 6) is -0.956. The molecule has 20 heavy (non-hydrogen) atoms. The number of pyridine rings is 1. The minimum absolute atomic E-state index is 0.0533. The van der Waals surface area contributed by atoms with Gasteiger partial charge in [0.1, 0.15) is 12.4 Å². The highest BCUT2D eigenvalue weighted by molar-refractivity contribution is 9.10. The fraction of sp³-hybridized carbons (Fsp3) is 0.0769. The smallest absolute Gasteiger partial charge is 0.265 e. The van der Waals surface area contributed by atoms with Crippen molar-refractivity contribution in [3.8, 4) is 0 Å². The molecule has 3 N–H and O–H groups in total. The van der Waals surface area contributed by atoms with Gasteiger partial charge >= 0.3 is 0 Å². The Morgan fingerprint density at radius 2 is 2.15 bits per heavy atom. The third-order valence-electron chi connectivity index (χ3n) is 2.57. The molecule has 0 aliphatic rings. The Kier molecular flexibility index (Phi) is 4.19. The zero-order valence-electron chi connectivity index (χ0n) is 10.3. The molecule has 0 spiro atoms. The lowest BCUT2D eigenvalue weighted by Gasteiger charge is -2.08. The SMILES string of the molecule is Nc1cc(NC(=O)Cn2cccc(Br)c2=O)ccc1F. The number of nitrogens with zero attached hydrogens (tertiary/aromatic N) is 1. The van der Waals surface area contributed by atoms with Gasteiger partial charge in [-0.3, -0.25) is 9.59 Å². The molecule has 0 saturated carbocycles. The standard InChI is InChI=1S/C13H11BrFN3O2/c14-9-2-1-5-18(13(9)20)7-12(19)17-8-3-4-10(15)11(16)6-8/h1-6H,7,16H2,(H,17,19). The molecule has 1 aromatic carbocycles. The molecule has 0 bridgehead atoms. The Labute approximate surface area is 122 Å². The average Bonchev–Trinajstić information content (AvgIpc) is 2.39. The molecule has 0 aliphatic heterocycles. The maximum absolute atomic E-state index is 13.0. The summed E-state index contributed by atoms with van der Waals surface area (Å²) in [7, 11) is 0. The Morgan fingerprint density at radius 1 is 1.40 bits per heavy atom. The van der Waals surface area contributed by atoms with E-state index in [1.807, 2.05) is 0 Å². The Bertz CT molecular complexity index is 715. The summed E-state index contributed by atoms with van der Waals surface area (Å²) >= 11 is 3.10. The van der Waals surface area contributed by atoms with Gasteiger partial charge in [0.15, 0.2) is 0 Å². The van der Waals surface area contributed by atoms with E-state index in [4.69, 9.17) is 5.73 Å². The third kappa shape index (κ3) is 3.24. The van der Waals surface area contributed by atoms with Crippen LogP contribution in [0, 0.1) is 5.82 Å². The van der Waals surface area contributed by atoms with E-state index in [-0.39, 0.29) is 17.8 Å². The molecule has 1 aromatic heterocycles. The summed E-state index contributed by atoms with van der Waals surface area (Å²) in [6.07, 6.45) is 1.51. The number of carbonyl (C=O) groups is 1. The third-order valence-corrected chi connectivity index (χ3v) is 3.17. The van der Waals surface area contributed by atoms with Crippen LogP contribution in [-0.4, -0.2) is 10.5 Å². The minimum Gasteiger partial charge on any atom is -0.396 e. The average molecular weight is 340 g/mol. The lowest BCUT2D eigenvalue weighted by molar-refractivity contribution is -0.116. The lowest BCUT2D eigenvalue weighted by atomic mass is 10.2. The molecular formula is C13H11BrFN3O2. The maximum Gasteiger partial charge on any atom is 0.265 e. The molecule has 2 aromatic rings. The summed E-state index contributed by atoms with van der Waals surface area (Å²) in [4.78, 5) is 23.5. The zero-order chi connectivity index (χ0) is 14.7. The van der Waals surface area contributed by atoms with E-state index in [9.17, 15) is 14.0 Å². The van der Waals surface area contributed by atoms with Crippen LogP contribution in [0.15, 0.2) is 45.8 Å². The van der Waals surface area contributed by atoms with Crippen LogP contribution >= 0.6 is 15.9 Å². The van der Waals surface area contributed by atoms with E-state index < -0.39 is 11.7 Å². The molecule has 1 heterocycles. The summed E-state index contributed by atoms with van der Waals surface area (Å²) in [5.41, 5.74) is 5.42. The van der Waals surface area contributed by atoms with E-state index in [1.165, 1.54) is 22.9 Å². The van der Waals surface area contributed by atoms with Gasteiger partial charge in [-0.2, -0.15) is 0 Å². The van der Waals surface area contributed by atoms with Crippen molar-refractivity contribution in [2.24, 2.45) is 0 Å². The highest BCUT2D eigenvalue weighted by Gasteiger charge is 2.07. The second-order valence-electron chi connectivity index (χ2n) is 4.07. The van der Waals surface area contributed by atoms with Gasteiger partial charge < -0.3 is 15.6 Å². The highest BCUT2D eigenvalue weighted by Crippen LogP contribution is 2.16. The maximum atomic E-state index is 13.0. The van der Waals surface area contributed by atoms with Crippen LogP contribution in [0.25, 0.3) is 0 Å². The molecule has 0 aliphatic carbocycles. The monoisotopic (exact) mass is 339 g/mol. The first-order valence-corrected chi connectivity index (χ1v) is 6.46. The molecule has 0 fully saturated rings. The second kappa shape index (κ2) is 5.87. The van der Waals surface area contributed by atoms with E-state index in [2.05, 4.69) is 21.2 Å². The number of nitrogens with one attached hydrogen (secondary N) is 1.